The molecule has 0 amide bonds. The molecule has 3 atom stereocenters. The van der Waals surface area contributed by atoms with Crippen LogP contribution >= 0.6 is 0 Å². The highest BCUT2D eigenvalue weighted by Crippen LogP contribution is 2.45. The number of halogens is 2. The van der Waals surface area contributed by atoms with Crippen LogP contribution in [0.1, 0.15) is 18.9 Å². The third kappa shape index (κ3) is 2.67. The summed E-state index contributed by atoms with van der Waals surface area (Å²) in [5.41, 5.74) is -2.69. The number of carbonyl (C=O) groups is 1. The number of aliphatic hydroxyl groups is 1. The van der Waals surface area contributed by atoms with Gasteiger partial charge in [0.2, 0.25) is 0 Å². The van der Waals surface area contributed by atoms with Gasteiger partial charge in [0.05, 0.1) is 4.90 Å². The van der Waals surface area contributed by atoms with Gasteiger partial charge in [-0.3, -0.25) is 4.79 Å². The zero-order chi connectivity index (χ0) is 18.4. The Balaban J connectivity index is 2.20. The summed E-state index contributed by atoms with van der Waals surface area (Å²) in [7, 11) is -4.09. The molecule has 0 saturated heterocycles. The summed E-state index contributed by atoms with van der Waals surface area (Å²) < 4.78 is 52.9. The van der Waals surface area contributed by atoms with Gasteiger partial charge in [0.25, 0.3) is 0 Å². The summed E-state index contributed by atoms with van der Waals surface area (Å²) in [6.07, 6.45) is -0.174. The highest BCUT2D eigenvalue weighted by Gasteiger charge is 2.59. The number of carbonyl (C=O) groups excluding carboxylic acids is 1. The van der Waals surface area contributed by atoms with E-state index in [4.69, 9.17) is 0 Å². The molecule has 0 aliphatic heterocycles. The van der Waals surface area contributed by atoms with Gasteiger partial charge in [-0.1, -0.05) is 31.2 Å². The van der Waals surface area contributed by atoms with Crippen LogP contribution in [-0.4, -0.2) is 24.6 Å². The van der Waals surface area contributed by atoms with Crippen LogP contribution in [0.25, 0.3) is 0 Å². The van der Waals surface area contributed by atoms with Crippen molar-refractivity contribution >= 4 is 15.6 Å². The van der Waals surface area contributed by atoms with Crippen LogP contribution < -0.4 is 0 Å². The normalized spacial score (nSPS) is 26.8. The second kappa shape index (κ2) is 6.00. The summed E-state index contributed by atoms with van der Waals surface area (Å²) in [5.74, 6) is -3.81. The predicted molar refractivity (Wildman–Crippen MR) is 86.5 cm³/mol. The molecule has 25 heavy (non-hydrogen) atoms. The van der Waals surface area contributed by atoms with E-state index >= 15 is 0 Å². The summed E-state index contributed by atoms with van der Waals surface area (Å²) in [5, 5.41) is 9.57. The Kier molecular flexibility index (Phi) is 4.25. The van der Waals surface area contributed by atoms with Gasteiger partial charge < -0.3 is 5.11 Å². The van der Waals surface area contributed by atoms with Crippen LogP contribution in [0, 0.1) is 17.6 Å². The van der Waals surface area contributed by atoms with Gasteiger partial charge in [-0.25, -0.2) is 17.2 Å². The van der Waals surface area contributed by atoms with Crippen molar-refractivity contribution in [1.29, 1.82) is 0 Å². The molecule has 0 heterocycles. The van der Waals surface area contributed by atoms with Crippen molar-refractivity contribution in [2.45, 2.75) is 29.1 Å². The Bertz CT molecular complexity index is 927. The largest absolute Gasteiger partial charge is 0.376 e. The summed E-state index contributed by atoms with van der Waals surface area (Å²) in [4.78, 5) is 12.4. The Morgan fingerprint density at radius 3 is 2.32 bits per heavy atom. The second-order valence-electron chi connectivity index (χ2n) is 6.28. The van der Waals surface area contributed by atoms with Crippen LogP contribution in [-0.2, 0) is 20.2 Å². The average molecular weight is 366 g/mol. The Hall–Kier alpha value is -2.12. The summed E-state index contributed by atoms with van der Waals surface area (Å²) >= 11 is 0. The quantitative estimate of drug-likeness (QED) is 0.906. The molecule has 0 unspecified atom stereocenters. The Morgan fingerprint density at radius 2 is 1.72 bits per heavy atom. The van der Waals surface area contributed by atoms with Crippen LogP contribution in [0.15, 0.2) is 53.4 Å². The first-order valence-corrected chi connectivity index (χ1v) is 9.24. The van der Waals surface area contributed by atoms with Crippen LogP contribution in [0.2, 0.25) is 0 Å². The average Bonchev–Trinajstić information content (AvgIpc) is 2.81. The number of hydrogen-bond acceptors (Lipinski definition) is 4. The number of Topliss-reactive ketones (excluding diaryl/α,β-unsaturated/α-hetero) is 1. The number of sulfone groups is 1. The number of benzene rings is 2. The highest BCUT2D eigenvalue weighted by molar-refractivity contribution is 7.92. The zero-order valence-corrected chi connectivity index (χ0v) is 14.1. The van der Waals surface area contributed by atoms with Crippen LogP contribution in [0.3, 0.4) is 0 Å². The van der Waals surface area contributed by atoms with E-state index < -0.39 is 44.0 Å². The standard InChI is InChI=1S/C18H16F2O4S/c1-11-9-16(21)18(22,12-7-8-14(19)15(20)10-12)17(11)25(23,24)13-5-3-2-4-6-13/h2-8,10-11,17,22H,9H2,1H3/t11-,17+,18-/m1/s1. The van der Waals surface area contributed by atoms with Crippen LogP contribution in [0.5, 0.6) is 0 Å². The maximum atomic E-state index is 13.6. The number of rotatable bonds is 3. The molecular formula is C18H16F2O4S. The predicted octanol–water partition coefficient (Wildman–Crippen LogP) is 2.60. The van der Waals surface area contributed by atoms with Gasteiger partial charge in [0.1, 0.15) is 5.25 Å². The first-order chi connectivity index (χ1) is 11.7. The number of hydrogen-bond donors (Lipinski definition) is 1. The van der Waals surface area contributed by atoms with E-state index in [-0.39, 0.29) is 16.9 Å². The van der Waals surface area contributed by atoms with E-state index in [0.29, 0.717) is 6.07 Å². The molecule has 0 bridgehead atoms. The molecule has 1 N–H and O–H groups in total. The fourth-order valence-electron chi connectivity index (χ4n) is 3.47. The van der Waals surface area contributed by atoms with E-state index in [1.807, 2.05) is 0 Å². The third-order valence-corrected chi connectivity index (χ3v) is 7.03. The van der Waals surface area contributed by atoms with Crippen molar-refractivity contribution in [2.75, 3.05) is 0 Å². The molecule has 3 rings (SSSR count). The lowest BCUT2D eigenvalue weighted by molar-refractivity contribution is -0.133. The van der Waals surface area contributed by atoms with E-state index in [2.05, 4.69) is 0 Å². The maximum Gasteiger partial charge on any atom is 0.185 e. The van der Waals surface area contributed by atoms with Crippen molar-refractivity contribution < 1.29 is 27.1 Å². The van der Waals surface area contributed by atoms with Gasteiger partial charge in [-0.05, 0) is 35.7 Å². The molecule has 1 aliphatic rings. The maximum absolute atomic E-state index is 13.6. The van der Waals surface area contributed by atoms with Gasteiger partial charge >= 0.3 is 0 Å². The van der Waals surface area contributed by atoms with E-state index in [1.54, 1.807) is 13.0 Å². The molecule has 4 nitrogen and oxygen atoms in total. The van der Waals surface area contributed by atoms with Crippen molar-refractivity contribution in [3.8, 4) is 0 Å². The third-order valence-electron chi connectivity index (χ3n) is 4.63. The molecule has 0 spiro atoms. The molecule has 1 aliphatic carbocycles. The fraction of sp³-hybridized carbons (Fsp3) is 0.278. The smallest absolute Gasteiger partial charge is 0.185 e. The fourth-order valence-corrected chi connectivity index (χ4v) is 5.73. The minimum atomic E-state index is -4.09. The molecule has 0 aromatic heterocycles. The first-order valence-electron chi connectivity index (χ1n) is 7.69. The second-order valence-corrected chi connectivity index (χ2v) is 8.35. The number of ketones is 1. The Morgan fingerprint density at radius 1 is 1.08 bits per heavy atom. The molecule has 2 aromatic rings. The highest BCUT2D eigenvalue weighted by atomic mass is 32.2. The van der Waals surface area contributed by atoms with Gasteiger partial charge in [0, 0.05) is 6.42 Å². The molecule has 7 heteroatoms. The monoisotopic (exact) mass is 366 g/mol. The minimum absolute atomic E-state index is 0.0393. The molecule has 0 radical (unpaired) electrons. The van der Waals surface area contributed by atoms with Crippen molar-refractivity contribution in [2.24, 2.45) is 5.92 Å². The lowest BCUT2D eigenvalue weighted by atomic mass is 9.90. The Labute approximate surface area is 144 Å². The van der Waals surface area contributed by atoms with Crippen LogP contribution in [0.4, 0.5) is 8.78 Å². The topological polar surface area (TPSA) is 71.4 Å². The SMILES string of the molecule is C[C@@H]1CC(=O)[C@](O)(c2ccc(F)c(F)c2)[C@H]1S(=O)(=O)c1ccccc1. The van der Waals surface area contributed by atoms with E-state index in [0.717, 1.165) is 12.1 Å². The van der Waals surface area contributed by atoms with E-state index in [1.165, 1.54) is 24.3 Å². The molecule has 132 valence electrons. The molecular weight excluding hydrogens is 350 g/mol. The lowest BCUT2D eigenvalue weighted by Gasteiger charge is -2.30. The zero-order valence-electron chi connectivity index (χ0n) is 13.3. The van der Waals surface area contributed by atoms with E-state index in [9.17, 15) is 27.1 Å². The first kappa shape index (κ1) is 17.7. The van der Waals surface area contributed by atoms with Crippen molar-refractivity contribution in [3.63, 3.8) is 0 Å². The summed E-state index contributed by atoms with van der Waals surface area (Å²) in [6, 6.07) is 9.94. The van der Waals surface area contributed by atoms with Gasteiger partial charge in [0.15, 0.2) is 32.9 Å². The van der Waals surface area contributed by atoms with Crippen molar-refractivity contribution in [1.82, 2.24) is 0 Å². The molecule has 1 fully saturated rings. The van der Waals surface area contributed by atoms with Crippen molar-refractivity contribution in [3.05, 3.63) is 65.7 Å². The lowest BCUT2D eigenvalue weighted by Crippen LogP contribution is -2.46. The van der Waals surface area contributed by atoms with Gasteiger partial charge in [-0.2, -0.15) is 0 Å². The molecule has 2 aromatic carbocycles. The molecule has 1 saturated carbocycles. The summed E-state index contributed by atoms with van der Waals surface area (Å²) in [6.45, 7) is 1.54. The minimum Gasteiger partial charge on any atom is -0.376 e. The van der Waals surface area contributed by atoms with Gasteiger partial charge in [-0.15, -0.1) is 0 Å².